The molecule has 8 nitrogen and oxygen atoms in total. The lowest BCUT2D eigenvalue weighted by atomic mass is 9.91. The van der Waals surface area contributed by atoms with Crippen LogP contribution in [0.5, 0.6) is 0 Å². The van der Waals surface area contributed by atoms with Gasteiger partial charge in [-0.2, -0.15) is 0 Å². The third-order valence-corrected chi connectivity index (χ3v) is 10.8. The molecule has 39 heavy (non-hydrogen) atoms. The predicted octanol–water partition coefficient (Wildman–Crippen LogP) is 4.72. The number of hydrogen-bond acceptors (Lipinski definition) is 8. The summed E-state index contributed by atoms with van der Waals surface area (Å²) in [6.07, 6.45) is 2.51. The summed E-state index contributed by atoms with van der Waals surface area (Å²) in [5.41, 5.74) is -0.314. The van der Waals surface area contributed by atoms with Gasteiger partial charge in [0.2, 0.25) is 5.91 Å². The Morgan fingerprint density at radius 1 is 1.00 bits per heavy atom. The fraction of sp³-hybridized carbons (Fsp3) is 0.963. The van der Waals surface area contributed by atoms with Gasteiger partial charge in [-0.1, -0.05) is 13.3 Å². The van der Waals surface area contributed by atoms with Gasteiger partial charge in [0.05, 0.1) is 18.2 Å². The molecular formula is C27H58N2O6SSi3. The van der Waals surface area contributed by atoms with E-state index in [0.717, 1.165) is 25.8 Å². The van der Waals surface area contributed by atoms with Gasteiger partial charge in [-0.05, 0) is 97.9 Å². The van der Waals surface area contributed by atoms with E-state index in [1.54, 1.807) is 18.7 Å². The van der Waals surface area contributed by atoms with Gasteiger partial charge in [-0.15, -0.1) is 11.8 Å². The van der Waals surface area contributed by atoms with Gasteiger partial charge in [0.25, 0.3) is 0 Å². The maximum atomic E-state index is 13.7. The number of amides is 1. The Labute approximate surface area is 246 Å². The van der Waals surface area contributed by atoms with Crippen molar-refractivity contribution in [2.75, 3.05) is 19.8 Å². The van der Waals surface area contributed by atoms with Crippen LogP contribution >= 0.6 is 11.8 Å². The van der Waals surface area contributed by atoms with Crippen LogP contribution in [0.3, 0.4) is 0 Å². The number of aliphatic hydroxyl groups is 1. The summed E-state index contributed by atoms with van der Waals surface area (Å²) in [6, 6.07) is -0.858. The van der Waals surface area contributed by atoms with Crippen molar-refractivity contribution in [3.63, 3.8) is 0 Å². The minimum Gasteiger partial charge on any atom is -0.409 e. The maximum absolute atomic E-state index is 13.7. The summed E-state index contributed by atoms with van der Waals surface area (Å²) in [7, 11) is -4.09. The van der Waals surface area contributed by atoms with Crippen LogP contribution in [-0.4, -0.2) is 109 Å². The Bertz CT molecular complexity index is 789. The standard InChI is InChI=1S/C27H58N2O6SSi3/c1-14-15-19-16-20(29(3)17-19)26(31)28-21(18(2)30)22-23(33-37(5,6)7)24(34-38(8,9)10)25(27(32-22)36-4)35-39(11,12)13/h18-25,27,30H,14-17H2,1-13H3,(H,28,31). The molecule has 9 unspecified atom stereocenters. The molecule has 1 amide bonds. The second-order valence-electron chi connectivity index (χ2n) is 14.4. The Morgan fingerprint density at radius 2 is 1.51 bits per heavy atom. The number of nitrogens with one attached hydrogen (secondary N) is 1. The number of rotatable bonds is 13. The molecular weight excluding hydrogens is 565 g/mol. The molecule has 0 radical (unpaired) electrons. The molecule has 2 saturated heterocycles. The van der Waals surface area contributed by atoms with E-state index < -0.39 is 49.3 Å². The molecule has 0 bridgehead atoms. The first-order valence-corrected chi connectivity index (χ1v) is 26.2. The van der Waals surface area contributed by atoms with Crippen molar-refractivity contribution >= 4 is 42.6 Å². The number of carbonyl (C=O) groups excluding carboxylic acids is 1. The maximum Gasteiger partial charge on any atom is 0.237 e. The van der Waals surface area contributed by atoms with Gasteiger partial charge in [0, 0.05) is 6.54 Å². The number of hydrogen-bond donors (Lipinski definition) is 2. The van der Waals surface area contributed by atoms with E-state index in [0.29, 0.717) is 5.92 Å². The number of likely N-dealkylation sites (N-methyl/N-ethyl adjacent to an activating group) is 1. The van der Waals surface area contributed by atoms with Gasteiger partial charge >= 0.3 is 0 Å². The molecule has 2 aliphatic rings. The van der Waals surface area contributed by atoms with Crippen molar-refractivity contribution in [2.45, 2.75) is 140 Å². The highest BCUT2D eigenvalue weighted by atomic mass is 32.2. The molecule has 2 N–H and O–H groups in total. The van der Waals surface area contributed by atoms with E-state index in [1.165, 1.54) is 0 Å². The fourth-order valence-corrected chi connectivity index (χ4v) is 9.76. The largest absolute Gasteiger partial charge is 0.409 e. The Kier molecular flexibility index (Phi) is 12.8. The van der Waals surface area contributed by atoms with Gasteiger partial charge in [0.1, 0.15) is 29.9 Å². The molecule has 0 aliphatic carbocycles. The minimum absolute atomic E-state index is 0.0544. The van der Waals surface area contributed by atoms with Crippen LogP contribution in [0.15, 0.2) is 0 Å². The number of aliphatic hydroxyl groups excluding tert-OH is 1. The summed E-state index contributed by atoms with van der Waals surface area (Å²) >= 11 is 1.59. The van der Waals surface area contributed by atoms with E-state index in [9.17, 15) is 9.90 Å². The smallest absolute Gasteiger partial charge is 0.237 e. The second kappa shape index (κ2) is 14.1. The fourth-order valence-electron chi connectivity index (χ4n) is 5.70. The molecule has 12 heteroatoms. The number of carbonyl (C=O) groups is 1. The van der Waals surface area contributed by atoms with E-state index in [2.05, 4.69) is 76.1 Å². The first-order valence-electron chi connectivity index (χ1n) is 14.7. The number of thioether (sulfide) groups is 1. The highest BCUT2D eigenvalue weighted by molar-refractivity contribution is 7.99. The van der Waals surface area contributed by atoms with E-state index in [-0.39, 0.29) is 29.6 Å². The van der Waals surface area contributed by atoms with Crippen molar-refractivity contribution in [1.82, 2.24) is 10.2 Å². The highest BCUT2D eigenvalue weighted by Crippen LogP contribution is 2.38. The van der Waals surface area contributed by atoms with Gasteiger partial charge < -0.3 is 28.4 Å². The van der Waals surface area contributed by atoms with E-state index in [1.807, 2.05) is 13.3 Å². The summed E-state index contributed by atoms with van der Waals surface area (Å²) in [5.74, 6) is 0.464. The molecule has 0 aromatic carbocycles. The van der Waals surface area contributed by atoms with Crippen LogP contribution in [-0.2, 0) is 22.8 Å². The Balaban J connectivity index is 2.49. The minimum atomic E-state index is -2.10. The summed E-state index contributed by atoms with van der Waals surface area (Å²) in [4.78, 5) is 15.8. The zero-order valence-corrected chi connectivity index (χ0v) is 30.7. The average molecular weight is 623 g/mol. The Hall–Kier alpha value is 0.231. The van der Waals surface area contributed by atoms with Crippen molar-refractivity contribution in [3.8, 4) is 0 Å². The third-order valence-electron chi connectivity index (χ3n) is 7.05. The van der Waals surface area contributed by atoms with Crippen molar-refractivity contribution < 1.29 is 27.9 Å². The normalized spacial score (nSPS) is 32.7. The quantitative estimate of drug-likeness (QED) is 0.285. The average Bonchev–Trinajstić information content (AvgIpc) is 3.12. The molecule has 0 aromatic heterocycles. The van der Waals surface area contributed by atoms with Crippen LogP contribution in [0.2, 0.25) is 58.9 Å². The van der Waals surface area contributed by atoms with E-state index in [4.69, 9.17) is 18.0 Å². The summed E-state index contributed by atoms with van der Waals surface area (Å²) in [6.45, 7) is 24.4. The van der Waals surface area contributed by atoms with Crippen molar-refractivity contribution in [1.29, 1.82) is 0 Å². The highest BCUT2D eigenvalue weighted by Gasteiger charge is 2.54. The van der Waals surface area contributed by atoms with Gasteiger partial charge in [-0.25, -0.2) is 0 Å². The zero-order chi connectivity index (χ0) is 29.9. The van der Waals surface area contributed by atoms with Crippen LogP contribution in [0, 0.1) is 5.92 Å². The topological polar surface area (TPSA) is 89.5 Å². The lowest BCUT2D eigenvalue weighted by Gasteiger charge is -2.52. The van der Waals surface area contributed by atoms with E-state index >= 15 is 0 Å². The van der Waals surface area contributed by atoms with Crippen molar-refractivity contribution in [2.24, 2.45) is 5.92 Å². The molecule has 0 aromatic rings. The third kappa shape index (κ3) is 10.8. The summed E-state index contributed by atoms with van der Waals surface area (Å²) in [5, 5.41) is 14.3. The zero-order valence-electron chi connectivity index (χ0n) is 26.9. The first-order chi connectivity index (χ1) is 17.8. The van der Waals surface area contributed by atoms with Crippen LogP contribution in [0.4, 0.5) is 0 Å². The van der Waals surface area contributed by atoms with Crippen LogP contribution in [0.25, 0.3) is 0 Å². The predicted molar refractivity (Wildman–Crippen MR) is 170 cm³/mol. The van der Waals surface area contributed by atoms with Crippen LogP contribution in [0.1, 0.15) is 33.1 Å². The molecule has 2 aliphatic heterocycles. The second-order valence-corrected chi connectivity index (χ2v) is 28.7. The molecule has 0 spiro atoms. The van der Waals surface area contributed by atoms with Gasteiger partial charge in [0.15, 0.2) is 25.0 Å². The van der Waals surface area contributed by atoms with Gasteiger partial charge in [-0.3, -0.25) is 9.69 Å². The molecule has 2 rings (SSSR count). The SMILES string of the molecule is CCCC1CC(C(=O)NC(C(C)O)C2OC(SC)C(O[Si](C)(C)C)C(O[Si](C)(C)C)C2O[Si](C)(C)C)N(C)C1. The Morgan fingerprint density at radius 3 is 1.97 bits per heavy atom. The first kappa shape index (κ1) is 35.4. The number of likely N-dealkylation sites (tertiary alicyclic amines) is 1. The number of ether oxygens (including phenoxy) is 1. The van der Waals surface area contributed by atoms with Crippen LogP contribution < -0.4 is 5.32 Å². The molecule has 2 fully saturated rings. The molecule has 0 saturated carbocycles. The molecule has 230 valence electrons. The molecule has 9 atom stereocenters. The summed E-state index contributed by atoms with van der Waals surface area (Å²) < 4.78 is 27.3. The lowest BCUT2D eigenvalue weighted by molar-refractivity contribution is -0.196. The monoisotopic (exact) mass is 622 g/mol. The van der Waals surface area contributed by atoms with Crippen molar-refractivity contribution in [3.05, 3.63) is 0 Å². The molecule has 2 heterocycles. The number of nitrogens with zero attached hydrogens (tertiary/aromatic N) is 1. The lowest BCUT2D eigenvalue weighted by Crippen LogP contribution is -2.69.